The Bertz CT molecular complexity index is 1190. The predicted molar refractivity (Wildman–Crippen MR) is 112 cm³/mol. The van der Waals surface area contributed by atoms with Gasteiger partial charge in [-0.2, -0.15) is 5.26 Å². The molecule has 0 amide bonds. The number of rotatable bonds is 4. The third-order valence-electron chi connectivity index (χ3n) is 4.05. The third-order valence-corrected chi connectivity index (χ3v) is 5.16. The van der Waals surface area contributed by atoms with Crippen LogP contribution in [0.25, 0.3) is 10.2 Å². The first-order chi connectivity index (χ1) is 14.5. The zero-order valence-electron chi connectivity index (χ0n) is 15.9. The van der Waals surface area contributed by atoms with Gasteiger partial charge in [-0.1, -0.05) is 29.5 Å². The molecule has 0 radical (unpaired) electrons. The van der Waals surface area contributed by atoms with E-state index < -0.39 is 11.6 Å². The first kappa shape index (κ1) is 21.0. The van der Waals surface area contributed by atoms with Gasteiger partial charge in [0.2, 0.25) is 0 Å². The van der Waals surface area contributed by atoms with Crippen LogP contribution in [0.2, 0.25) is 0 Å². The Labute approximate surface area is 175 Å². The summed E-state index contributed by atoms with van der Waals surface area (Å²) in [5.74, 6) is -1.21. The molecule has 0 spiro atoms. The number of aromatic nitrogens is 2. The van der Waals surface area contributed by atoms with Crippen molar-refractivity contribution < 1.29 is 13.6 Å². The smallest absolute Gasteiger partial charge is 0.186 e. The van der Waals surface area contributed by atoms with Gasteiger partial charge in [0.1, 0.15) is 17.6 Å². The quantitative estimate of drug-likeness (QED) is 0.434. The maximum atomic E-state index is 13.6. The van der Waals surface area contributed by atoms with Crippen LogP contribution in [0.1, 0.15) is 21.5 Å². The zero-order chi connectivity index (χ0) is 21.5. The molecule has 0 aliphatic rings. The van der Waals surface area contributed by atoms with E-state index in [9.17, 15) is 13.6 Å². The highest BCUT2D eigenvalue weighted by Gasteiger charge is 2.13. The Kier molecular flexibility index (Phi) is 6.78. The van der Waals surface area contributed by atoms with Crippen molar-refractivity contribution in [1.82, 2.24) is 9.97 Å². The van der Waals surface area contributed by atoms with Gasteiger partial charge in [-0.15, -0.1) is 0 Å². The number of hydrogen-bond acceptors (Lipinski definition) is 6. The number of fused-ring (bicyclic) bond motifs is 1. The Morgan fingerprint density at radius 3 is 2.60 bits per heavy atom. The van der Waals surface area contributed by atoms with Crippen LogP contribution in [-0.2, 0) is 6.54 Å². The minimum Gasteiger partial charge on any atom is -0.347 e. The molecule has 0 atom stereocenters. The first-order valence-electron chi connectivity index (χ1n) is 8.81. The molecule has 0 bridgehead atoms. The van der Waals surface area contributed by atoms with Crippen molar-refractivity contribution in [2.75, 3.05) is 11.9 Å². The van der Waals surface area contributed by atoms with Gasteiger partial charge in [0.15, 0.2) is 10.9 Å². The fourth-order valence-corrected chi connectivity index (χ4v) is 3.54. The van der Waals surface area contributed by atoms with Gasteiger partial charge in [-0.05, 0) is 29.8 Å². The van der Waals surface area contributed by atoms with Gasteiger partial charge in [-0.25, -0.2) is 13.8 Å². The fraction of sp³-hybridized carbons (Fsp3) is 0.0909. The molecule has 2 heterocycles. The van der Waals surface area contributed by atoms with Crippen LogP contribution < -0.4 is 4.90 Å². The normalized spacial score (nSPS) is 10.1. The van der Waals surface area contributed by atoms with E-state index in [-0.39, 0.29) is 5.52 Å². The number of halogens is 2. The van der Waals surface area contributed by atoms with Crippen LogP contribution in [-0.4, -0.2) is 23.3 Å². The molecule has 0 N–H and O–H groups in total. The number of pyridine rings is 1. The number of benzene rings is 2. The summed E-state index contributed by atoms with van der Waals surface area (Å²) in [5, 5.41) is 9.01. The Hall–Kier alpha value is -3.70. The summed E-state index contributed by atoms with van der Waals surface area (Å²) >= 11 is 1.27. The summed E-state index contributed by atoms with van der Waals surface area (Å²) in [7, 11) is 1.86. The second-order valence-electron chi connectivity index (χ2n) is 6.30. The van der Waals surface area contributed by atoms with Crippen LogP contribution >= 0.6 is 11.3 Å². The molecule has 8 heteroatoms. The maximum Gasteiger partial charge on any atom is 0.186 e. The van der Waals surface area contributed by atoms with E-state index in [0.717, 1.165) is 17.9 Å². The molecule has 0 saturated heterocycles. The number of aldehydes is 1. The van der Waals surface area contributed by atoms with E-state index in [0.29, 0.717) is 27.5 Å². The van der Waals surface area contributed by atoms with Crippen molar-refractivity contribution in [2.45, 2.75) is 6.54 Å². The van der Waals surface area contributed by atoms with E-state index in [1.54, 1.807) is 36.7 Å². The summed E-state index contributed by atoms with van der Waals surface area (Å²) in [6.45, 7) is 0.609. The lowest BCUT2D eigenvalue weighted by Gasteiger charge is -2.14. The Balaban J connectivity index is 0.000000216. The van der Waals surface area contributed by atoms with Crippen LogP contribution in [0, 0.1) is 23.0 Å². The van der Waals surface area contributed by atoms with Crippen LogP contribution in [0.15, 0.2) is 60.9 Å². The van der Waals surface area contributed by atoms with Gasteiger partial charge in [0, 0.05) is 37.6 Å². The first-order valence-corrected chi connectivity index (χ1v) is 9.62. The van der Waals surface area contributed by atoms with Gasteiger partial charge in [0.05, 0.1) is 16.3 Å². The number of thiazole rings is 1. The highest BCUT2D eigenvalue weighted by atomic mass is 32.1. The predicted octanol–water partition coefficient (Wildman–Crippen LogP) is 4.98. The minimum atomic E-state index is -0.628. The molecule has 2 aromatic carbocycles. The Morgan fingerprint density at radius 2 is 1.97 bits per heavy atom. The standard InChI is InChI=1S/C14H11F2N3S.C8H5NO/c1-19(8-9-3-2-4-17-7-9)14-18-13-11(16)5-10(15)6-12(13)20-14;9-5-7-1-3-8(6-10)4-2-7/h2-7H,8H2,1H3;1-4,6H. The Morgan fingerprint density at radius 1 is 1.20 bits per heavy atom. The lowest BCUT2D eigenvalue weighted by molar-refractivity contribution is 0.112. The fourth-order valence-electron chi connectivity index (χ4n) is 2.58. The van der Waals surface area contributed by atoms with Crippen molar-refractivity contribution in [3.05, 3.63) is 89.2 Å². The van der Waals surface area contributed by atoms with E-state index in [1.165, 1.54) is 17.4 Å². The average molecular weight is 422 g/mol. The topological polar surface area (TPSA) is 69.9 Å². The van der Waals surface area contributed by atoms with E-state index in [1.807, 2.05) is 30.1 Å². The van der Waals surface area contributed by atoms with Crippen LogP contribution in [0.4, 0.5) is 13.9 Å². The van der Waals surface area contributed by atoms with Crippen molar-refractivity contribution in [2.24, 2.45) is 0 Å². The molecular formula is C22H16F2N4OS. The molecule has 30 heavy (non-hydrogen) atoms. The van der Waals surface area contributed by atoms with Gasteiger partial charge >= 0.3 is 0 Å². The van der Waals surface area contributed by atoms with Crippen molar-refractivity contribution in [3.63, 3.8) is 0 Å². The number of carbonyl (C=O) groups excluding carboxylic acids is 1. The van der Waals surface area contributed by atoms with Gasteiger partial charge in [-0.3, -0.25) is 9.78 Å². The number of anilines is 1. The van der Waals surface area contributed by atoms with Crippen LogP contribution in [0.3, 0.4) is 0 Å². The lowest BCUT2D eigenvalue weighted by atomic mass is 10.2. The molecule has 150 valence electrons. The third kappa shape index (κ3) is 5.21. The summed E-state index contributed by atoms with van der Waals surface area (Å²) < 4.78 is 27.3. The highest BCUT2D eigenvalue weighted by molar-refractivity contribution is 7.22. The van der Waals surface area contributed by atoms with Gasteiger partial charge < -0.3 is 4.90 Å². The molecule has 4 aromatic rings. The number of hydrogen-bond donors (Lipinski definition) is 0. The molecular weight excluding hydrogens is 406 g/mol. The highest BCUT2D eigenvalue weighted by Crippen LogP contribution is 2.31. The summed E-state index contributed by atoms with van der Waals surface area (Å²) in [6, 6.07) is 14.4. The second-order valence-corrected chi connectivity index (χ2v) is 7.31. The summed E-state index contributed by atoms with van der Waals surface area (Å²) in [5.41, 5.74) is 2.41. The van der Waals surface area contributed by atoms with Gasteiger partial charge in [0.25, 0.3) is 0 Å². The molecule has 2 aromatic heterocycles. The zero-order valence-corrected chi connectivity index (χ0v) is 16.7. The molecule has 0 aliphatic heterocycles. The molecule has 0 saturated carbocycles. The average Bonchev–Trinajstić information content (AvgIpc) is 3.20. The SMILES string of the molecule is CN(Cc1cccnc1)c1nc2c(F)cc(F)cc2s1.N#Cc1ccc(C=O)cc1. The van der Waals surface area contributed by atoms with E-state index >= 15 is 0 Å². The van der Waals surface area contributed by atoms with E-state index in [4.69, 9.17) is 5.26 Å². The molecule has 0 unspecified atom stereocenters. The molecule has 5 nitrogen and oxygen atoms in total. The number of nitriles is 1. The maximum absolute atomic E-state index is 13.6. The lowest BCUT2D eigenvalue weighted by Crippen LogP contribution is -2.16. The second kappa shape index (κ2) is 9.67. The summed E-state index contributed by atoms with van der Waals surface area (Å²) in [4.78, 5) is 20.3. The molecule has 0 aliphatic carbocycles. The van der Waals surface area contributed by atoms with Crippen molar-refractivity contribution in [1.29, 1.82) is 5.26 Å². The monoisotopic (exact) mass is 422 g/mol. The molecule has 4 rings (SSSR count). The number of nitrogens with zero attached hydrogens (tertiary/aromatic N) is 4. The van der Waals surface area contributed by atoms with E-state index in [2.05, 4.69) is 9.97 Å². The number of carbonyl (C=O) groups is 1. The molecule has 0 fully saturated rings. The largest absolute Gasteiger partial charge is 0.347 e. The van der Waals surface area contributed by atoms with Crippen molar-refractivity contribution in [3.8, 4) is 6.07 Å². The minimum absolute atomic E-state index is 0.212. The summed E-state index contributed by atoms with van der Waals surface area (Å²) in [6.07, 6.45) is 4.23. The van der Waals surface area contributed by atoms with Crippen LogP contribution in [0.5, 0.6) is 0 Å². The van der Waals surface area contributed by atoms with Crippen molar-refractivity contribution >= 4 is 33.0 Å².